The van der Waals surface area contributed by atoms with Gasteiger partial charge in [0.15, 0.2) is 11.6 Å². The van der Waals surface area contributed by atoms with E-state index >= 15 is 0 Å². The second kappa shape index (κ2) is 3.55. The minimum Gasteiger partial charge on any atom is -0.263 e. The molecular formula is C10H3BrF2N2. The van der Waals surface area contributed by atoms with E-state index in [1.807, 2.05) is 0 Å². The van der Waals surface area contributed by atoms with Crippen molar-refractivity contribution in [2.75, 3.05) is 0 Å². The van der Waals surface area contributed by atoms with Crippen molar-refractivity contribution in [2.24, 2.45) is 0 Å². The van der Waals surface area contributed by atoms with E-state index < -0.39 is 11.6 Å². The third kappa shape index (κ3) is 1.47. The van der Waals surface area contributed by atoms with E-state index in [9.17, 15) is 8.78 Å². The Balaban J connectivity index is 3.05. The summed E-state index contributed by atoms with van der Waals surface area (Å²) in [5.74, 6) is -2.01. The lowest BCUT2D eigenvalue weighted by Crippen LogP contribution is -1.92. The van der Waals surface area contributed by atoms with Crippen molar-refractivity contribution >= 4 is 26.7 Å². The molecule has 0 fully saturated rings. The summed E-state index contributed by atoms with van der Waals surface area (Å²) in [4.78, 5) is 3.77. The Kier molecular flexibility index (Phi) is 2.37. The van der Waals surface area contributed by atoms with Gasteiger partial charge in [0.1, 0.15) is 6.07 Å². The molecule has 0 aliphatic heterocycles. The molecule has 1 heterocycles. The number of fused-ring (bicyclic) bond motifs is 1. The molecule has 0 aliphatic carbocycles. The first-order valence-electron chi connectivity index (χ1n) is 3.96. The molecule has 5 heteroatoms. The monoisotopic (exact) mass is 268 g/mol. The number of benzene rings is 1. The standard InChI is InChI=1S/C10H3BrF2N2/c11-7-1-8(12)10(13)9-5(2-14)3-15-4-6(7)9/h1,3-4H. The first kappa shape index (κ1) is 9.99. The highest BCUT2D eigenvalue weighted by molar-refractivity contribution is 9.10. The molecule has 2 nitrogen and oxygen atoms in total. The molecule has 0 radical (unpaired) electrons. The fourth-order valence-corrected chi connectivity index (χ4v) is 1.84. The number of halogens is 3. The molecule has 2 rings (SSSR count). The normalized spacial score (nSPS) is 10.3. The summed E-state index contributed by atoms with van der Waals surface area (Å²) in [5, 5.41) is 9.09. The fourth-order valence-electron chi connectivity index (χ4n) is 1.33. The third-order valence-electron chi connectivity index (χ3n) is 2.01. The molecule has 2 aromatic rings. The predicted octanol–water partition coefficient (Wildman–Crippen LogP) is 3.15. The Morgan fingerprint density at radius 2 is 2.07 bits per heavy atom. The largest absolute Gasteiger partial charge is 0.263 e. The number of hydrogen-bond acceptors (Lipinski definition) is 2. The Hall–Kier alpha value is -1.54. The molecule has 0 saturated heterocycles. The van der Waals surface area contributed by atoms with Crippen molar-refractivity contribution in [1.29, 1.82) is 5.26 Å². The Bertz CT molecular complexity index is 590. The van der Waals surface area contributed by atoms with E-state index in [2.05, 4.69) is 20.9 Å². The van der Waals surface area contributed by atoms with Crippen LogP contribution in [0.25, 0.3) is 10.8 Å². The van der Waals surface area contributed by atoms with Gasteiger partial charge in [-0.25, -0.2) is 8.78 Å². The zero-order valence-electron chi connectivity index (χ0n) is 7.26. The second-order valence-electron chi connectivity index (χ2n) is 2.88. The maximum Gasteiger partial charge on any atom is 0.168 e. The molecule has 74 valence electrons. The summed E-state index contributed by atoms with van der Waals surface area (Å²) in [6.07, 6.45) is 2.58. The minimum atomic E-state index is -1.02. The number of hydrogen-bond donors (Lipinski definition) is 0. The lowest BCUT2D eigenvalue weighted by atomic mass is 10.1. The van der Waals surface area contributed by atoms with Gasteiger partial charge >= 0.3 is 0 Å². The molecule has 0 saturated carbocycles. The first-order chi connectivity index (χ1) is 7.15. The van der Waals surface area contributed by atoms with Crippen molar-refractivity contribution < 1.29 is 8.78 Å². The van der Waals surface area contributed by atoms with Crippen LogP contribution in [0.3, 0.4) is 0 Å². The van der Waals surface area contributed by atoms with Gasteiger partial charge < -0.3 is 0 Å². The maximum atomic E-state index is 13.5. The van der Waals surface area contributed by atoms with Gasteiger partial charge in [-0.2, -0.15) is 5.26 Å². The number of nitriles is 1. The van der Waals surface area contributed by atoms with Gasteiger partial charge in [0.25, 0.3) is 0 Å². The summed E-state index contributed by atoms with van der Waals surface area (Å²) in [6, 6.07) is 2.79. The molecule has 1 aromatic heterocycles. The van der Waals surface area contributed by atoms with E-state index in [0.29, 0.717) is 9.86 Å². The number of rotatable bonds is 0. The summed E-state index contributed by atoms with van der Waals surface area (Å²) in [7, 11) is 0. The Morgan fingerprint density at radius 3 is 2.73 bits per heavy atom. The zero-order valence-corrected chi connectivity index (χ0v) is 8.85. The van der Waals surface area contributed by atoms with E-state index in [0.717, 1.165) is 6.07 Å². The maximum absolute atomic E-state index is 13.5. The van der Waals surface area contributed by atoms with Crippen LogP contribution in [0.4, 0.5) is 8.78 Å². The number of pyridine rings is 1. The third-order valence-corrected chi connectivity index (χ3v) is 2.66. The highest BCUT2D eigenvalue weighted by Gasteiger charge is 2.14. The van der Waals surface area contributed by atoms with E-state index in [1.54, 1.807) is 6.07 Å². The molecule has 15 heavy (non-hydrogen) atoms. The number of nitrogens with zero attached hydrogens (tertiary/aromatic N) is 2. The predicted molar refractivity (Wildman–Crippen MR) is 54.1 cm³/mol. The average Bonchev–Trinajstić information content (AvgIpc) is 2.25. The van der Waals surface area contributed by atoms with Crippen LogP contribution in [0.2, 0.25) is 0 Å². The van der Waals surface area contributed by atoms with Gasteiger partial charge in [0.2, 0.25) is 0 Å². The van der Waals surface area contributed by atoms with Gasteiger partial charge in [-0.1, -0.05) is 0 Å². The van der Waals surface area contributed by atoms with Crippen molar-refractivity contribution in [3.63, 3.8) is 0 Å². The highest BCUT2D eigenvalue weighted by atomic mass is 79.9. The SMILES string of the molecule is N#Cc1cncc2c(Br)cc(F)c(F)c12. The van der Waals surface area contributed by atoms with Crippen molar-refractivity contribution in [3.05, 3.63) is 40.1 Å². The lowest BCUT2D eigenvalue weighted by molar-refractivity contribution is 0.516. The first-order valence-corrected chi connectivity index (χ1v) is 4.75. The molecule has 0 N–H and O–H groups in total. The smallest absolute Gasteiger partial charge is 0.168 e. The molecule has 0 aliphatic rings. The van der Waals surface area contributed by atoms with Gasteiger partial charge in [0.05, 0.1) is 5.56 Å². The average molecular weight is 269 g/mol. The minimum absolute atomic E-state index is 0.0187. The number of aromatic nitrogens is 1. The molecule has 0 bridgehead atoms. The van der Waals surface area contributed by atoms with Crippen LogP contribution in [0, 0.1) is 23.0 Å². The molecular weight excluding hydrogens is 266 g/mol. The van der Waals surface area contributed by atoms with Gasteiger partial charge in [-0.3, -0.25) is 4.98 Å². The van der Waals surface area contributed by atoms with Gasteiger partial charge in [-0.05, 0) is 22.0 Å². The van der Waals surface area contributed by atoms with Crippen LogP contribution in [-0.4, -0.2) is 4.98 Å². The van der Waals surface area contributed by atoms with Crippen LogP contribution in [0.1, 0.15) is 5.56 Å². The quantitative estimate of drug-likeness (QED) is 0.689. The van der Waals surface area contributed by atoms with Crippen molar-refractivity contribution in [3.8, 4) is 6.07 Å². The van der Waals surface area contributed by atoms with E-state index in [4.69, 9.17) is 5.26 Å². The molecule has 0 atom stereocenters. The topological polar surface area (TPSA) is 36.7 Å². The Morgan fingerprint density at radius 1 is 1.33 bits per heavy atom. The molecule has 0 spiro atoms. The summed E-state index contributed by atoms with van der Waals surface area (Å²) < 4.78 is 26.9. The molecule has 1 aromatic carbocycles. The highest BCUT2D eigenvalue weighted by Crippen LogP contribution is 2.29. The van der Waals surface area contributed by atoms with Crippen LogP contribution in [-0.2, 0) is 0 Å². The van der Waals surface area contributed by atoms with Crippen LogP contribution in [0.15, 0.2) is 22.9 Å². The summed E-state index contributed by atoms with van der Waals surface area (Å²) in [6.45, 7) is 0. The van der Waals surface area contributed by atoms with Crippen LogP contribution in [0.5, 0.6) is 0 Å². The van der Waals surface area contributed by atoms with Crippen molar-refractivity contribution in [2.45, 2.75) is 0 Å². The van der Waals surface area contributed by atoms with Gasteiger partial charge in [0, 0.05) is 27.6 Å². The zero-order chi connectivity index (χ0) is 11.0. The van der Waals surface area contributed by atoms with Crippen molar-refractivity contribution in [1.82, 2.24) is 4.98 Å². The fraction of sp³-hybridized carbons (Fsp3) is 0. The Labute approximate surface area is 92.3 Å². The lowest BCUT2D eigenvalue weighted by Gasteiger charge is -2.04. The summed E-state index contributed by atoms with van der Waals surface area (Å²) in [5.41, 5.74) is 0.0187. The second-order valence-corrected chi connectivity index (χ2v) is 3.73. The molecule has 0 unspecified atom stereocenters. The summed E-state index contributed by atoms with van der Waals surface area (Å²) >= 11 is 3.09. The van der Waals surface area contributed by atoms with E-state index in [1.165, 1.54) is 12.4 Å². The molecule has 0 amide bonds. The van der Waals surface area contributed by atoms with Crippen LogP contribution >= 0.6 is 15.9 Å². The van der Waals surface area contributed by atoms with E-state index in [-0.39, 0.29) is 10.9 Å². The van der Waals surface area contributed by atoms with Crippen LogP contribution < -0.4 is 0 Å². The van der Waals surface area contributed by atoms with Gasteiger partial charge in [-0.15, -0.1) is 0 Å².